The minimum atomic E-state index is -0.155. The number of nitrogens with one attached hydrogen (secondary N) is 1. The Hall–Kier alpha value is -3.23. The lowest BCUT2D eigenvalue weighted by Gasteiger charge is -2.19. The van der Waals surface area contributed by atoms with Crippen molar-refractivity contribution in [3.8, 4) is 10.4 Å². The molecule has 1 N–H and O–H groups in total. The molecule has 0 spiro atoms. The fourth-order valence-corrected chi connectivity index (χ4v) is 5.29. The number of hydrogen-bond acceptors (Lipinski definition) is 6. The van der Waals surface area contributed by atoms with Gasteiger partial charge in [-0.1, -0.05) is 48.2 Å². The van der Waals surface area contributed by atoms with Crippen molar-refractivity contribution >= 4 is 50.8 Å². The number of amides is 2. The molecule has 2 aromatic heterocycles. The van der Waals surface area contributed by atoms with Crippen LogP contribution in [0.5, 0.6) is 0 Å². The summed E-state index contributed by atoms with van der Waals surface area (Å²) in [5.41, 5.74) is 2.30. The van der Waals surface area contributed by atoms with Crippen LogP contribution in [-0.4, -0.2) is 45.5 Å². The molecule has 4 aromatic rings. The zero-order chi connectivity index (χ0) is 23.2. The van der Waals surface area contributed by atoms with E-state index in [0.717, 1.165) is 25.7 Å². The highest BCUT2D eigenvalue weighted by Gasteiger charge is 2.15. The van der Waals surface area contributed by atoms with Gasteiger partial charge < -0.3 is 10.2 Å². The standard InChI is InChI=1S/C25H24N4O2S2/c1-3-29(4-2)25(31)18-11-8-12-19(13-18)28-22(30)15-32-23-20-14-21(17-9-6-5-7-10-17)33-24(20)27-16-26-23/h5-14,16H,3-4,15H2,1-2H3,(H,28,30). The lowest BCUT2D eigenvalue weighted by molar-refractivity contribution is -0.113. The third-order valence-electron chi connectivity index (χ3n) is 5.14. The van der Waals surface area contributed by atoms with E-state index in [1.807, 2.05) is 32.0 Å². The predicted octanol–water partition coefficient (Wildman–Crippen LogP) is 5.57. The van der Waals surface area contributed by atoms with Gasteiger partial charge in [-0.15, -0.1) is 11.3 Å². The normalized spacial score (nSPS) is 10.8. The van der Waals surface area contributed by atoms with Gasteiger partial charge in [0, 0.05) is 34.6 Å². The van der Waals surface area contributed by atoms with Gasteiger partial charge in [0.2, 0.25) is 5.91 Å². The highest BCUT2D eigenvalue weighted by molar-refractivity contribution is 8.00. The van der Waals surface area contributed by atoms with Gasteiger partial charge >= 0.3 is 0 Å². The number of aromatic nitrogens is 2. The summed E-state index contributed by atoms with van der Waals surface area (Å²) in [4.78, 5) is 37.7. The number of hydrogen-bond donors (Lipinski definition) is 1. The van der Waals surface area contributed by atoms with Crippen LogP contribution in [0.15, 0.2) is 72.0 Å². The molecule has 0 radical (unpaired) electrons. The van der Waals surface area contributed by atoms with Crippen LogP contribution in [0.2, 0.25) is 0 Å². The van der Waals surface area contributed by atoms with Crippen molar-refractivity contribution in [2.45, 2.75) is 18.9 Å². The summed E-state index contributed by atoms with van der Waals surface area (Å²) in [7, 11) is 0. The average molecular weight is 477 g/mol. The van der Waals surface area contributed by atoms with E-state index in [0.29, 0.717) is 24.3 Å². The average Bonchev–Trinajstić information content (AvgIpc) is 3.29. The SMILES string of the molecule is CCN(CC)C(=O)c1cccc(NC(=O)CSc2ncnc3sc(-c4ccccc4)cc23)c1. The highest BCUT2D eigenvalue weighted by Crippen LogP contribution is 2.36. The number of benzene rings is 2. The van der Waals surface area contributed by atoms with Crippen LogP contribution in [-0.2, 0) is 4.79 Å². The molecule has 2 aromatic carbocycles. The number of anilines is 1. The summed E-state index contributed by atoms with van der Waals surface area (Å²) >= 11 is 2.99. The highest BCUT2D eigenvalue weighted by atomic mass is 32.2. The fourth-order valence-electron chi connectivity index (χ4n) is 3.45. The fraction of sp³-hybridized carbons (Fsp3) is 0.200. The molecule has 4 rings (SSSR count). The Morgan fingerprint density at radius 1 is 1.00 bits per heavy atom. The number of rotatable bonds is 8. The van der Waals surface area contributed by atoms with Crippen LogP contribution >= 0.6 is 23.1 Å². The van der Waals surface area contributed by atoms with Crippen LogP contribution in [0.3, 0.4) is 0 Å². The van der Waals surface area contributed by atoms with Gasteiger partial charge in [-0.2, -0.15) is 0 Å². The van der Waals surface area contributed by atoms with E-state index in [-0.39, 0.29) is 17.6 Å². The zero-order valence-electron chi connectivity index (χ0n) is 18.4. The molecule has 8 heteroatoms. The van der Waals surface area contributed by atoms with Crippen molar-refractivity contribution in [1.82, 2.24) is 14.9 Å². The van der Waals surface area contributed by atoms with Crippen molar-refractivity contribution in [2.24, 2.45) is 0 Å². The van der Waals surface area contributed by atoms with Gasteiger partial charge in [0.15, 0.2) is 0 Å². The molecule has 0 bridgehead atoms. The lowest BCUT2D eigenvalue weighted by atomic mass is 10.1. The summed E-state index contributed by atoms with van der Waals surface area (Å²) in [6.07, 6.45) is 1.54. The second-order valence-electron chi connectivity index (χ2n) is 7.27. The summed E-state index contributed by atoms with van der Waals surface area (Å²) in [6.45, 7) is 5.18. The van der Waals surface area contributed by atoms with Gasteiger partial charge in [0.05, 0.1) is 5.75 Å². The second-order valence-corrected chi connectivity index (χ2v) is 9.26. The van der Waals surface area contributed by atoms with Crippen molar-refractivity contribution in [3.05, 3.63) is 72.6 Å². The monoisotopic (exact) mass is 476 g/mol. The van der Waals surface area contributed by atoms with Crippen molar-refractivity contribution in [3.63, 3.8) is 0 Å². The number of carbonyl (C=O) groups is 2. The summed E-state index contributed by atoms with van der Waals surface area (Å²) in [5.74, 6) is 0.00914. The molecule has 2 heterocycles. The van der Waals surface area contributed by atoms with Crippen LogP contribution in [0.4, 0.5) is 5.69 Å². The molecule has 0 aliphatic rings. The summed E-state index contributed by atoms with van der Waals surface area (Å²) in [5, 5.41) is 4.62. The quantitative estimate of drug-likeness (QED) is 0.266. The molecule has 6 nitrogen and oxygen atoms in total. The molecule has 0 saturated heterocycles. The maximum absolute atomic E-state index is 12.6. The minimum Gasteiger partial charge on any atom is -0.339 e. The molecule has 0 unspecified atom stereocenters. The Balaban J connectivity index is 1.44. The van der Waals surface area contributed by atoms with E-state index < -0.39 is 0 Å². The Bertz CT molecular complexity index is 1270. The number of thioether (sulfide) groups is 1. The van der Waals surface area contributed by atoms with E-state index in [2.05, 4.69) is 33.5 Å². The largest absolute Gasteiger partial charge is 0.339 e. The summed E-state index contributed by atoms with van der Waals surface area (Å²) in [6, 6.07) is 19.3. The number of fused-ring (bicyclic) bond motifs is 1. The second kappa shape index (κ2) is 10.6. The zero-order valence-corrected chi connectivity index (χ0v) is 20.1. The Labute approximate surface area is 201 Å². The molecular formula is C25H24N4O2S2. The van der Waals surface area contributed by atoms with E-state index in [1.54, 1.807) is 40.5 Å². The van der Waals surface area contributed by atoms with Gasteiger partial charge in [0.1, 0.15) is 16.2 Å². The first-order valence-corrected chi connectivity index (χ1v) is 12.5. The molecule has 0 atom stereocenters. The van der Waals surface area contributed by atoms with E-state index in [4.69, 9.17) is 0 Å². The Kier molecular flexibility index (Phi) is 7.36. The van der Waals surface area contributed by atoms with Crippen LogP contribution in [0.25, 0.3) is 20.7 Å². The molecule has 2 amide bonds. The van der Waals surface area contributed by atoms with Gasteiger partial charge in [-0.3, -0.25) is 9.59 Å². The van der Waals surface area contributed by atoms with E-state index in [1.165, 1.54) is 18.1 Å². The maximum Gasteiger partial charge on any atom is 0.253 e. The van der Waals surface area contributed by atoms with Gasteiger partial charge in [-0.05, 0) is 43.7 Å². The summed E-state index contributed by atoms with van der Waals surface area (Å²) < 4.78 is 0. The van der Waals surface area contributed by atoms with Gasteiger partial charge in [0.25, 0.3) is 5.91 Å². The number of carbonyl (C=O) groups excluding carboxylic acids is 2. The third-order valence-corrected chi connectivity index (χ3v) is 7.23. The smallest absolute Gasteiger partial charge is 0.253 e. The van der Waals surface area contributed by atoms with Crippen molar-refractivity contribution in [2.75, 3.05) is 24.2 Å². The van der Waals surface area contributed by atoms with Crippen LogP contribution < -0.4 is 5.32 Å². The first-order valence-electron chi connectivity index (χ1n) is 10.7. The molecule has 0 aliphatic heterocycles. The molecule has 168 valence electrons. The predicted molar refractivity (Wildman–Crippen MR) is 136 cm³/mol. The topological polar surface area (TPSA) is 75.2 Å². The van der Waals surface area contributed by atoms with Crippen LogP contribution in [0, 0.1) is 0 Å². The lowest BCUT2D eigenvalue weighted by Crippen LogP contribution is -2.30. The van der Waals surface area contributed by atoms with Crippen molar-refractivity contribution in [1.29, 1.82) is 0 Å². The minimum absolute atomic E-state index is 0.0412. The first kappa shape index (κ1) is 22.9. The number of nitrogens with zero attached hydrogens (tertiary/aromatic N) is 3. The first-order chi connectivity index (χ1) is 16.1. The Morgan fingerprint density at radius 2 is 1.79 bits per heavy atom. The van der Waals surface area contributed by atoms with Crippen LogP contribution in [0.1, 0.15) is 24.2 Å². The third kappa shape index (κ3) is 5.40. The molecule has 0 fully saturated rings. The Morgan fingerprint density at radius 3 is 2.55 bits per heavy atom. The van der Waals surface area contributed by atoms with Gasteiger partial charge in [-0.25, -0.2) is 9.97 Å². The molecule has 0 aliphatic carbocycles. The number of thiophene rings is 1. The van der Waals surface area contributed by atoms with E-state index in [9.17, 15) is 9.59 Å². The molecule has 0 saturated carbocycles. The van der Waals surface area contributed by atoms with Crippen molar-refractivity contribution < 1.29 is 9.59 Å². The maximum atomic E-state index is 12.6. The molecule has 33 heavy (non-hydrogen) atoms. The molecular weight excluding hydrogens is 452 g/mol. The van der Waals surface area contributed by atoms with E-state index >= 15 is 0 Å².